The summed E-state index contributed by atoms with van der Waals surface area (Å²) in [6, 6.07) is 6.26. The lowest BCUT2D eigenvalue weighted by Crippen LogP contribution is -2.33. The maximum absolute atomic E-state index is 11.6. The van der Waals surface area contributed by atoms with Gasteiger partial charge in [0.2, 0.25) is 5.91 Å². The van der Waals surface area contributed by atoms with Crippen LogP contribution in [0.3, 0.4) is 0 Å². The summed E-state index contributed by atoms with van der Waals surface area (Å²) in [5.41, 5.74) is 1.40. The molecule has 0 unspecified atom stereocenters. The van der Waals surface area contributed by atoms with Crippen molar-refractivity contribution in [3.05, 3.63) is 29.6 Å². The van der Waals surface area contributed by atoms with E-state index >= 15 is 0 Å². The molecule has 1 aliphatic carbocycles. The first-order chi connectivity index (χ1) is 14.2. The number of anilines is 1. The topological polar surface area (TPSA) is 81.9 Å². The first-order valence-corrected chi connectivity index (χ1v) is 11.1. The van der Waals surface area contributed by atoms with Crippen LogP contribution in [0.15, 0.2) is 18.2 Å². The van der Waals surface area contributed by atoms with Gasteiger partial charge < -0.3 is 10.1 Å². The fourth-order valence-electron chi connectivity index (χ4n) is 4.58. The molecule has 1 saturated carbocycles. The summed E-state index contributed by atoms with van der Waals surface area (Å²) >= 11 is 0. The summed E-state index contributed by atoms with van der Waals surface area (Å²) < 4.78 is 8.41. The van der Waals surface area contributed by atoms with Crippen LogP contribution in [0.25, 0.3) is 0 Å². The highest BCUT2D eigenvalue weighted by Gasteiger charge is 2.33. The van der Waals surface area contributed by atoms with Crippen molar-refractivity contribution in [3.8, 4) is 5.75 Å². The first kappa shape index (κ1) is 20.8. The van der Waals surface area contributed by atoms with E-state index in [1.807, 2.05) is 18.2 Å². The van der Waals surface area contributed by atoms with Gasteiger partial charge in [0.15, 0.2) is 5.82 Å². The van der Waals surface area contributed by atoms with Crippen molar-refractivity contribution in [1.82, 2.24) is 20.2 Å². The molecule has 2 heterocycles. The van der Waals surface area contributed by atoms with E-state index in [0.717, 1.165) is 35.7 Å². The van der Waals surface area contributed by atoms with E-state index in [2.05, 4.69) is 53.2 Å². The molecule has 0 bridgehead atoms. The molecule has 1 amide bonds. The van der Waals surface area contributed by atoms with Crippen molar-refractivity contribution in [3.63, 3.8) is 0 Å². The van der Waals surface area contributed by atoms with E-state index in [9.17, 15) is 4.79 Å². The molecule has 0 spiro atoms. The van der Waals surface area contributed by atoms with Crippen LogP contribution in [-0.4, -0.2) is 31.7 Å². The van der Waals surface area contributed by atoms with Crippen LogP contribution in [0.4, 0.5) is 5.69 Å². The fraction of sp³-hybridized carbons (Fsp3) is 0.652. The Bertz CT molecular complexity index is 912. The number of hydrogen-bond acceptors (Lipinski definition) is 5. The van der Waals surface area contributed by atoms with Crippen LogP contribution in [0.5, 0.6) is 5.75 Å². The molecule has 7 heteroatoms. The van der Waals surface area contributed by atoms with Gasteiger partial charge in [0, 0.05) is 11.1 Å². The van der Waals surface area contributed by atoms with Gasteiger partial charge in [-0.3, -0.25) is 4.79 Å². The van der Waals surface area contributed by atoms with Gasteiger partial charge in [-0.2, -0.15) is 0 Å². The Labute approximate surface area is 178 Å². The quantitative estimate of drug-likeness (QED) is 0.721. The Kier molecular flexibility index (Phi) is 5.55. The second-order valence-electron chi connectivity index (χ2n) is 10.0. The summed E-state index contributed by atoms with van der Waals surface area (Å²) in [6.45, 7) is 8.68. The van der Waals surface area contributed by atoms with Gasteiger partial charge in [-0.25, -0.2) is 4.68 Å². The smallest absolute Gasteiger partial charge is 0.228 e. The Hall–Kier alpha value is -2.44. The molecular formula is C23H33N5O2. The van der Waals surface area contributed by atoms with E-state index in [1.165, 1.54) is 32.1 Å². The molecule has 0 saturated heterocycles. The highest BCUT2D eigenvalue weighted by Crippen LogP contribution is 2.36. The Morgan fingerprint density at radius 3 is 2.67 bits per heavy atom. The third-order valence-corrected chi connectivity index (χ3v) is 6.47. The minimum atomic E-state index is -0.343. The van der Waals surface area contributed by atoms with Crippen LogP contribution >= 0.6 is 0 Å². The van der Waals surface area contributed by atoms with E-state index in [-0.39, 0.29) is 16.9 Å². The summed E-state index contributed by atoms with van der Waals surface area (Å²) in [6.07, 6.45) is 8.36. The van der Waals surface area contributed by atoms with Crippen LogP contribution in [-0.2, 0) is 16.6 Å². The molecular weight excluding hydrogens is 378 g/mol. The number of tetrazole rings is 1. The fourth-order valence-corrected chi connectivity index (χ4v) is 4.58. The van der Waals surface area contributed by atoms with E-state index in [4.69, 9.17) is 4.74 Å². The number of carbonyl (C=O) groups is 1. The molecule has 30 heavy (non-hydrogen) atoms. The lowest BCUT2D eigenvalue weighted by atomic mass is 9.82. The number of amides is 1. The van der Waals surface area contributed by atoms with E-state index in [1.54, 1.807) is 0 Å². The number of nitrogens with one attached hydrogen (secondary N) is 1. The van der Waals surface area contributed by atoms with Crippen molar-refractivity contribution in [2.45, 2.75) is 96.1 Å². The predicted molar refractivity (Wildman–Crippen MR) is 116 cm³/mol. The van der Waals surface area contributed by atoms with Crippen molar-refractivity contribution in [2.24, 2.45) is 0 Å². The average molecular weight is 412 g/mol. The van der Waals surface area contributed by atoms with Crippen LogP contribution in [0.2, 0.25) is 0 Å². The lowest BCUT2D eigenvalue weighted by Gasteiger charge is -2.32. The minimum Gasteiger partial charge on any atom is -0.488 e. The molecule has 0 atom stereocenters. The van der Waals surface area contributed by atoms with Crippen molar-refractivity contribution in [2.75, 3.05) is 5.32 Å². The summed E-state index contributed by atoms with van der Waals surface area (Å²) in [7, 11) is 0. The largest absolute Gasteiger partial charge is 0.488 e. The monoisotopic (exact) mass is 411 g/mol. The number of fused-ring (bicyclic) bond motifs is 1. The molecule has 1 aromatic carbocycles. The highest BCUT2D eigenvalue weighted by molar-refractivity contribution is 5.99. The van der Waals surface area contributed by atoms with Gasteiger partial charge in [-0.15, -0.1) is 5.10 Å². The number of ether oxygens (including phenoxy) is 1. The second-order valence-corrected chi connectivity index (χ2v) is 10.0. The zero-order chi connectivity index (χ0) is 21.4. The molecule has 0 radical (unpaired) electrons. The summed E-state index contributed by atoms with van der Waals surface area (Å²) in [4.78, 5) is 11.6. The molecule has 1 aliphatic heterocycles. The zero-order valence-corrected chi connectivity index (χ0v) is 18.6. The molecule has 2 aliphatic rings. The Morgan fingerprint density at radius 1 is 1.13 bits per heavy atom. The zero-order valence-electron chi connectivity index (χ0n) is 18.6. The lowest BCUT2D eigenvalue weighted by molar-refractivity contribution is -0.115. The van der Waals surface area contributed by atoms with Gasteiger partial charge in [0.1, 0.15) is 11.4 Å². The van der Waals surface area contributed by atoms with Gasteiger partial charge in [-0.1, -0.05) is 33.1 Å². The number of aromatic nitrogens is 4. The maximum atomic E-state index is 11.6. The van der Waals surface area contributed by atoms with Gasteiger partial charge in [-0.05, 0) is 73.7 Å². The summed E-state index contributed by atoms with van der Waals surface area (Å²) in [5.74, 6) is 1.83. The average Bonchev–Trinajstić information content (AvgIpc) is 3.33. The maximum Gasteiger partial charge on any atom is 0.228 e. The normalized spacial score (nSPS) is 17.7. The van der Waals surface area contributed by atoms with Crippen LogP contribution < -0.4 is 10.1 Å². The molecule has 2 aromatic rings. The van der Waals surface area contributed by atoms with Crippen molar-refractivity contribution < 1.29 is 9.53 Å². The molecule has 1 aromatic heterocycles. The SMILES string of the molecule is CC(C)(CCC(C)(C)c1nnnn1C1CCCCC1)Oc1ccc2c(c1)CC(=O)N2. The van der Waals surface area contributed by atoms with Crippen LogP contribution in [0.1, 0.15) is 90.1 Å². The van der Waals surface area contributed by atoms with Gasteiger partial charge in [0.25, 0.3) is 0 Å². The van der Waals surface area contributed by atoms with Crippen molar-refractivity contribution >= 4 is 11.6 Å². The van der Waals surface area contributed by atoms with Crippen molar-refractivity contribution in [1.29, 1.82) is 0 Å². The minimum absolute atomic E-state index is 0.0406. The van der Waals surface area contributed by atoms with E-state index < -0.39 is 0 Å². The number of rotatable bonds is 7. The Balaban J connectivity index is 1.41. The predicted octanol–water partition coefficient (Wildman–Crippen LogP) is 4.59. The molecule has 1 N–H and O–H groups in total. The number of benzene rings is 1. The molecule has 7 nitrogen and oxygen atoms in total. The third kappa shape index (κ3) is 4.50. The molecule has 4 rings (SSSR count). The number of carbonyl (C=O) groups excluding carboxylic acids is 1. The van der Waals surface area contributed by atoms with Gasteiger partial charge in [0.05, 0.1) is 12.5 Å². The number of nitrogens with zero attached hydrogens (tertiary/aromatic N) is 4. The van der Waals surface area contributed by atoms with Crippen LogP contribution in [0, 0.1) is 0 Å². The highest BCUT2D eigenvalue weighted by atomic mass is 16.5. The molecule has 162 valence electrons. The first-order valence-electron chi connectivity index (χ1n) is 11.1. The Morgan fingerprint density at radius 2 is 1.90 bits per heavy atom. The second kappa shape index (κ2) is 8.00. The van der Waals surface area contributed by atoms with Gasteiger partial charge >= 0.3 is 0 Å². The molecule has 1 fully saturated rings. The standard InChI is InChI=1S/C23H33N5O2/c1-22(2,21-25-26-27-28(21)17-8-6-5-7-9-17)12-13-23(3,4)30-18-10-11-19-16(14-18)15-20(29)24-19/h10-11,14,17H,5-9,12-13,15H2,1-4H3,(H,24,29). The van der Waals surface area contributed by atoms with E-state index in [0.29, 0.717) is 12.5 Å². The third-order valence-electron chi connectivity index (χ3n) is 6.47. The number of hydrogen-bond donors (Lipinski definition) is 1. The summed E-state index contributed by atoms with van der Waals surface area (Å²) in [5, 5.41) is 15.6.